The lowest BCUT2D eigenvalue weighted by atomic mass is 10.1. The third-order valence-corrected chi connectivity index (χ3v) is 4.25. The van der Waals surface area contributed by atoms with Crippen LogP contribution in [0.1, 0.15) is 27.2 Å². The Balaban J connectivity index is 2.11. The highest BCUT2D eigenvalue weighted by Gasteiger charge is 2.10. The zero-order valence-electron chi connectivity index (χ0n) is 10.5. The average Bonchev–Trinajstić information content (AvgIpc) is 2.74. The zero-order valence-corrected chi connectivity index (χ0v) is 12.9. The standard InChI is InChI=1S/C13H13BrN2O2S/c1-7-3-8(2)16-13(18)10(7)5-15-12(17)9-4-11(14)19-6-9/h3-4,6H,5H2,1-2H3,(H,15,17)(H,16,18). The Morgan fingerprint density at radius 2 is 2.16 bits per heavy atom. The second kappa shape index (κ2) is 5.71. The van der Waals surface area contributed by atoms with E-state index in [-0.39, 0.29) is 18.0 Å². The van der Waals surface area contributed by atoms with E-state index < -0.39 is 0 Å². The van der Waals surface area contributed by atoms with Gasteiger partial charge in [0.25, 0.3) is 11.5 Å². The van der Waals surface area contributed by atoms with Gasteiger partial charge in [-0.2, -0.15) is 0 Å². The van der Waals surface area contributed by atoms with E-state index in [0.29, 0.717) is 11.1 Å². The summed E-state index contributed by atoms with van der Waals surface area (Å²) in [6, 6.07) is 3.65. The quantitative estimate of drug-likeness (QED) is 0.902. The van der Waals surface area contributed by atoms with Crippen molar-refractivity contribution in [2.75, 3.05) is 0 Å². The largest absolute Gasteiger partial charge is 0.348 e. The Kier molecular flexibility index (Phi) is 4.21. The zero-order chi connectivity index (χ0) is 14.0. The number of pyridine rings is 1. The van der Waals surface area contributed by atoms with E-state index in [2.05, 4.69) is 26.2 Å². The van der Waals surface area contributed by atoms with Crippen LogP contribution >= 0.6 is 27.3 Å². The molecule has 0 saturated heterocycles. The fourth-order valence-electron chi connectivity index (χ4n) is 1.80. The molecule has 100 valence electrons. The molecule has 2 heterocycles. The normalized spacial score (nSPS) is 10.5. The summed E-state index contributed by atoms with van der Waals surface area (Å²) in [6.07, 6.45) is 0. The van der Waals surface area contributed by atoms with Gasteiger partial charge in [0.05, 0.1) is 9.35 Å². The molecule has 0 spiro atoms. The molecule has 2 aromatic rings. The van der Waals surface area contributed by atoms with Crippen molar-refractivity contribution in [1.29, 1.82) is 0 Å². The second-order valence-electron chi connectivity index (χ2n) is 4.27. The molecule has 2 N–H and O–H groups in total. The van der Waals surface area contributed by atoms with Crippen LogP contribution in [0.3, 0.4) is 0 Å². The molecule has 0 aliphatic heterocycles. The predicted molar refractivity (Wildman–Crippen MR) is 79.7 cm³/mol. The summed E-state index contributed by atoms with van der Waals surface area (Å²) in [5.74, 6) is -0.179. The van der Waals surface area contributed by atoms with E-state index in [1.807, 2.05) is 19.9 Å². The number of amides is 1. The topological polar surface area (TPSA) is 62.0 Å². The van der Waals surface area contributed by atoms with Gasteiger partial charge in [0.15, 0.2) is 0 Å². The molecule has 0 aliphatic rings. The molecule has 6 heteroatoms. The molecule has 0 saturated carbocycles. The van der Waals surface area contributed by atoms with Crippen LogP contribution in [0.2, 0.25) is 0 Å². The fourth-order valence-corrected chi connectivity index (χ4v) is 2.94. The van der Waals surface area contributed by atoms with Gasteiger partial charge >= 0.3 is 0 Å². The molecule has 0 atom stereocenters. The van der Waals surface area contributed by atoms with E-state index in [9.17, 15) is 9.59 Å². The first-order valence-electron chi connectivity index (χ1n) is 5.69. The third-order valence-electron chi connectivity index (χ3n) is 2.75. The average molecular weight is 341 g/mol. The van der Waals surface area contributed by atoms with Crippen molar-refractivity contribution >= 4 is 33.2 Å². The molecule has 19 heavy (non-hydrogen) atoms. The van der Waals surface area contributed by atoms with Crippen LogP contribution < -0.4 is 10.9 Å². The third kappa shape index (κ3) is 3.33. The van der Waals surface area contributed by atoms with Gasteiger partial charge in [-0.1, -0.05) is 0 Å². The smallest absolute Gasteiger partial charge is 0.253 e. The number of carbonyl (C=O) groups excluding carboxylic acids is 1. The van der Waals surface area contributed by atoms with Crippen LogP contribution in [-0.2, 0) is 6.54 Å². The van der Waals surface area contributed by atoms with Crippen LogP contribution in [0.15, 0.2) is 26.1 Å². The van der Waals surface area contributed by atoms with E-state index in [0.717, 1.165) is 15.0 Å². The summed E-state index contributed by atoms with van der Waals surface area (Å²) in [7, 11) is 0. The predicted octanol–water partition coefficient (Wildman–Crippen LogP) is 2.75. The first kappa shape index (κ1) is 14.0. The minimum Gasteiger partial charge on any atom is -0.348 e. The van der Waals surface area contributed by atoms with Crippen LogP contribution in [0.4, 0.5) is 0 Å². The molecular weight excluding hydrogens is 328 g/mol. The molecule has 0 aliphatic carbocycles. The Morgan fingerprint density at radius 1 is 1.42 bits per heavy atom. The van der Waals surface area contributed by atoms with Gasteiger partial charge in [-0.15, -0.1) is 11.3 Å². The molecule has 0 radical (unpaired) electrons. The molecule has 0 unspecified atom stereocenters. The first-order valence-corrected chi connectivity index (χ1v) is 7.36. The summed E-state index contributed by atoms with van der Waals surface area (Å²) in [5, 5.41) is 4.53. The number of thiophene rings is 1. The number of halogens is 1. The van der Waals surface area contributed by atoms with Crippen LogP contribution in [0.25, 0.3) is 0 Å². The van der Waals surface area contributed by atoms with Crippen molar-refractivity contribution in [1.82, 2.24) is 10.3 Å². The molecular formula is C13H13BrN2O2S. The van der Waals surface area contributed by atoms with E-state index in [4.69, 9.17) is 0 Å². The maximum atomic E-state index is 11.9. The second-order valence-corrected chi connectivity index (χ2v) is 6.56. The van der Waals surface area contributed by atoms with Crippen molar-refractivity contribution in [2.24, 2.45) is 0 Å². The van der Waals surface area contributed by atoms with Gasteiger partial charge in [-0.3, -0.25) is 9.59 Å². The van der Waals surface area contributed by atoms with Gasteiger partial charge in [-0.05, 0) is 47.5 Å². The number of carbonyl (C=O) groups is 1. The number of H-pyrrole nitrogens is 1. The number of aryl methyl sites for hydroxylation is 2. The lowest BCUT2D eigenvalue weighted by Crippen LogP contribution is -2.27. The number of aromatic nitrogens is 1. The van der Waals surface area contributed by atoms with E-state index in [1.54, 1.807) is 11.4 Å². The number of rotatable bonds is 3. The van der Waals surface area contributed by atoms with Gasteiger partial charge in [-0.25, -0.2) is 0 Å². The summed E-state index contributed by atoms with van der Waals surface area (Å²) in [5.41, 5.74) is 2.74. The minimum atomic E-state index is -0.179. The summed E-state index contributed by atoms with van der Waals surface area (Å²) >= 11 is 4.76. The number of hydrogen-bond acceptors (Lipinski definition) is 3. The number of aromatic amines is 1. The Bertz CT molecular complexity index is 676. The van der Waals surface area contributed by atoms with Gasteiger partial charge < -0.3 is 10.3 Å². The lowest BCUT2D eigenvalue weighted by molar-refractivity contribution is 0.0951. The number of hydrogen-bond donors (Lipinski definition) is 2. The van der Waals surface area contributed by atoms with Crippen molar-refractivity contribution < 1.29 is 4.79 Å². The maximum absolute atomic E-state index is 11.9. The van der Waals surface area contributed by atoms with E-state index >= 15 is 0 Å². The molecule has 0 bridgehead atoms. The molecule has 1 amide bonds. The monoisotopic (exact) mass is 340 g/mol. The van der Waals surface area contributed by atoms with Crippen molar-refractivity contribution in [3.63, 3.8) is 0 Å². The molecule has 2 aromatic heterocycles. The fraction of sp³-hybridized carbons (Fsp3) is 0.231. The lowest BCUT2D eigenvalue weighted by Gasteiger charge is -2.07. The Hall–Kier alpha value is -1.40. The van der Waals surface area contributed by atoms with Crippen LogP contribution in [0.5, 0.6) is 0 Å². The Morgan fingerprint density at radius 3 is 2.74 bits per heavy atom. The van der Waals surface area contributed by atoms with Crippen LogP contribution in [0, 0.1) is 13.8 Å². The van der Waals surface area contributed by atoms with Gasteiger partial charge in [0.1, 0.15) is 0 Å². The molecule has 4 nitrogen and oxygen atoms in total. The summed E-state index contributed by atoms with van der Waals surface area (Å²) in [6.45, 7) is 3.93. The highest BCUT2D eigenvalue weighted by atomic mass is 79.9. The van der Waals surface area contributed by atoms with Gasteiger partial charge in [0.2, 0.25) is 0 Å². The Labute approximate surface area is 123 Å². The SMILES string of the molecule is Cc1cc(C)c(CNC(=O)c2csc(Br)c2)c(=O)[nH]1. The maximum Gasteiger partial charge on any atom is 0.253 e. The molecule has 0 aromatic carbocycles. The van der Waals surface area contributed by atoms with E-state index in [1.165, 1.54) is 11.3 Å². The highest BCUT2D eigenvalue weighted by molar-refractivity contribution is 9.11. The number of nitrogens with one attached hydrogen (secondary N) is 2. The molecule has 0 fully saturated rings. The molecule has 2 rings (SSSR count). The van der Waals surface area contributed by atoms with Crippen molar-refractivity contribution in [3.05, 3.63) is 54.0 Å². The van der Waals surface area contributed by atoms with Crippen molar-refractivity contribution in [3.8, 4) is 0 Å². The van der Waals surface area contributed by atoms with Crippen molar-refractivity contribution in [2.45, 2.75) is 20.4 Å². The highest BCUT2D eigenvalue weighted by Crippen LogP contribution is 2.20. The first-order chi connectivity index (χ1) is 8.97. The van der Waals surface area contributed by atoms with Crippen LogP contribution in [-0.4, -0.2) is 10.9 Å². The van der Waals surface area contributed by atoms with Gasteiger partial charge in [0, 0.05) is 23.2 Å². The summed E-state index contributed by atoms with van der Waals surface area (Å²) < 4.78 is 0.905. The summed E-state index contributed by atoms with van der Waals surface area (Å²) in [4.78, 5) is 26.4. The minimum absolute atomic E-state index is 0.149.